The summed E-state index contributed by atoms with van der Waals surface area (Å²) in [6.45, 7) is 0. The van der Waals surface area contributed by atoms with Gasteiger partial charge in [-0.3, -0.25) is 5.43 Å². The molecule has 1 aromatic heterocycles. The Hall–Kier alpha value is -2.50. The predicted molar refractivity (Wildman–Crippen MR) is 93.7 cm³/mol. The summed E-state index contributed by atoms with van der Waals surface area (Å²) in [4.78, 5) is 4.85. The van der Waals surface area contributed by atoms with Crippen LogP contribution in [0.25, 0.3) is 10.2 Å². The number of benzene rings is 2. The highest BCUT2D eigenvalue weighted by Crippen LogP contribution is 2.26. The molecule has 0 amide bonds. The first-order chi connectivity index (χ1) is 11.7. The Kier molecular flexibility index (Phi) is 5.03. The average Bonchev–Trinajstić information content (AvgIpc) is 3.00. The van der Waals surface area contributed by atoms with Crippen molar-refractivity contribution in [3.8, 4) is 6.07 Å². The SMILES string of the molecule is N#C/C(=N/Nc1ccc(SC(F)F)cc1)c1nc2ccccc2s1. The van der Waals surface area contributed by atoms with Crippen molar-refractivity contribution in [2.45, 2.75) is 10.7 Å². The average molecular weight is 360 g/mol. The number of nitrogens with one attached hydrogen (secondary N) is 1. The molecule has 1 N–H and O–H groups in total. The molecule has 4 nitrogen and oxygen atoms in total. The van der Waals surface area contributed by atoms with Crippen molar-refractivity contribution >= 4 is 44.7 Å². The third-order valence-electron chi connectivity index (χ3n) is 2.98. The van der Waals surface area contributed by atoms with E-state index in [1.807, 2.05) is 30.3 Å². The molecule has 2 aromatic carbocycles. The molecule has 8 heteroatoms. The van der Waals surface area contributed by atoms with E-state index in [4.69, 9.17) is 0 Å². The van der Waals surface area contributed by atoms with Crippen LogP contribution in [-0.2, 0) is 0 Å². The van der Waals surface area contributed by atoms with E-state index in [1.54, 1.807) is 24.3 Å². The minimum atomic E-state index is -2.45. The summed E-state index contributed by atoms with van der Waals surface area (Å²) in [6, 6.07) is 16.0. The molecule has 0 atom stereocenters. The zero-order valence-electron chi connectivity index (χ0n) is 12.1. The van der Waals surface area contributed by atoms with Crippen LogP contribution in [0.2, 0.25) is 0 Å². The number of aromatic nitrogens is 1. The maximum atomic E-state index is 12.3. The summed E-state index contributed by atoms with van der Waals surface area (Å²) < 4.78 is 25.5. The van der Waals surface area contributed by atoms with Gasteiger partial charge in [0, 0.05) is 4.90 Å². The maximum Gasteiger partial charge on any atom is 0.288 e. The number of halogens is 2. The summed E-state index contributed by atoms with van der Waals surface area (Å²) in [6.07, 6.45) is 0. The number of alkyl halides is 2. The number of anilines is 1. The van der Waals surface area contributed by atoms with E-state index >= 15 is 0 Å². The summed E-state index contributed by atoms with van der Waals surface area (Å²) in [5, 5.41) is 13.9. The minimum Gasteiger partial charge on any atom is -0.277 e. The van der Waals surface area contributed by atoms with Gasteiger partial charge in [0.2, 0.25) is 0 Å². The van der Waals surface area contributed by atoms with Crippen molar-refractivity contribution in [2.24, 2.45) is 5.10 Å². The van der Waals surface area contributed by atoms with Gasteiger partial charge in [0.05, 0.1) is 15.9 Å². The smallest absolute Gasteiger partial charge is 0.277 e. The number of nitrogens with zero attached hydrogens (tertiary/aromatic N) is 3. The van der Waals surface area contributed by atoms with Crippen molar-refractivity contribution < 1.29 is 8.78 Å². The number of thiazole rings is 1. The van der Waals surface area contributed by atoms with Gasteiger partial charge in [-0.1, -0.05) is 23.9 Å². The lowest BCUT2D eigenvalue weighted by molar-refractivity contribution is 0.252. The Morgan fingerprint density at radius 3 is 2.62 bits per heavy atom. The fourth-order valence-electron chi connectivity index (χ4n) is 1.93. The van der Waals surface area contributed by atoms with E-state index in [0.29, 0.717) is 27.4 Å². The van der Waals surface area contributed by atoms with Crippen molar-refractivity contribution in [3.05, 3.63) is 53.5 Å². The Balaban J connectivity index is 1.77. The lowest BCUT2D eigenvalue weighted by Crippen LogP contribution is -2.01. The molecule has 0 aliphatic carbocycles. The molecule has 0 saturated heterocycles. The molecule has 0 aliphatic heterocycles. The molecule has 0 unspecified atom stereocenters. The number of rotatable bonds is 5. The second-order valence-corrected chi connectivity index (χ2v) is 6.67. The fourth-order valence-corrected chi connectivity index (χ4v) is 3.33. The first-order valence-electron chi connectivity index (χ1n) is 6.80. The Labute approximate surface area is 144 Å². The van der Waals surface area contributed by atoms with E-state index < -0.39 is 5.76 Å². The Morgan fingerprint density at radius 1 is 1.21 bits per heavy atom. The highest BCUT2D eigenvalue weighted by Gasteiger charge is 2.10. The quantitative estimate of drug-likeness (QED) is 0.397. The van der Waals surface area contributed by atoms with Crippen LogP contribution in [0, 0.1) is 11.3 Å². The monoisotopic (exact) mass is 360 g/mol. The summed E-state index contributed by atoms with van der Waals surface area (Å²) in [5.41, 5.74) is 4.34. The van der Waals surface area contributed by atoms with Crippen molar-refractivity contribution in [3.63, 3.8) is 0 Å². The fraction of sp³-hybridized carbons (Fsp3) is 0.0625. The molecule has 0 aliphatic rings. The Morgan fingerprint density at radius 2 is 1.96 bits per heavy atom. The molecule has 120 valence electrons. The molecule has 24 heavy (non-hydrogen) atoms. The zero-order chi connectivity index (χ0) is 16.9. The third-order valence-corrected chi connectivity index (χ3v) is 4.74. The molecule has 3 aromatic rings. The molecule has 0 bridgehead atoms. The van der Waals surface area contributed by atoms with E-state index in [1.165, 1.54) is 11.3 Å². The second-order valence-electron chi connectivity index (χ2n) is 4.57. The predicted octanol–water partition coefficient (Wildman–Crippen LogP) is 4.95. The maximum absolute atomic E-state index is 12.3. The van der Waals surface area contributed by atoms with Crippen LogP contribution >= 0.6 is 23.1 Å². The van der Waals surface area contributed by atoms with Crippen LogP contribution in [0.1, 0.15) is 5.01 Å². The molecule has 0 spiro atoms. The summed E-state index contributed by atoms with van der Waals surface area (Å²) in [7, 11) is 0. The van der Waals surface area contributed by atoms with Gasteiger partial charge in [-0.05, 0) is 36.4 Å². The van der Waals surface area contributed by atoms with Crippen LogP contribution in [0.3, 0.4) is 0 Å². The normalized spacial score (nSPS) is 11.7. The number of hydrogen-bond acceptors (Lipinski definition) is 6. The molecule has 0 fully saturated rings. The van der Waals surface area contributed by atoms with E-state index in [2.05, 4.69) is 15.5 Å². The minimum absolute atomic E-state index is 0.169. The number of nitriles is 1. The van der Waals surface area contributed by atoms with E-state index in [0.717, 1.165) is 10.2 Å². The molecule has 0 saturated carbocycles. The molecular weight excluding hydrogens is 350 g/mol. The van der Waals surface area contributed by atoms with Crippen LogP contribution in [0.4, 0.5) is 14.5 Å². The highest BCUT2D eigenvalue weighted by atomic mass is 32.2. The van der Waals surface area contributed by atoms with Crippen LogP contribution in [-0.4, -0.2) is 16.5 Å². The van der Waals surface area contributed by atoms with Gasteiger partial charge in [-0.15, -0.1) is 11.3 Å². The van der Waals surface area contributed by atoms with Gasteiger partial charge in [0.15, 0.2) is 10.7 Å². The van der Waals surface area contributed by atoms with Crippen molar-refractivity contribution in [1.29, 1.82) is 5.26 Å². The number of hydrogen-bond donors (Lipinski definition) is 1. The van der Waals surface area contributed by atoms with Gasteiger partial charge in [-0.2, -0.15) is 19.1 Å². The van der Waals surface area contributed by atoms with E-state index in [9.17, 15) is 14.0 Å². The second kappa shape index (κ2) is 7.38. The van der Waals surface area contributed by atoms with Gasteiger partial charge in [0.25, 0.3) is 5.76 Å². The van der Waals surface area contributed by atoms with Crippen molar-refractivity contribution in [1.82, 2.24) is 4.98 Å². The van der Waals surface area contributed by atoms with Gasteiger partial charge < -0.3 is 0 Å². The lowest BCUT2D eigenvalue weighted by Gasteiger charge is -2.03. The van der Waals surface area contributed by atoms with E-state index in [-0.39, 0.29) is 5.71 Å². The molecule has 1 heterocycles. The van der Waals surface area contributed by atoms with Gasteiger partial charge in [-0.25, -0.2) is 4.98 Å². The molecule has 3 rings (SSSR count). The van der Waals surface area contributed by atoms with Gasteiger partial charge >= 0.3 is 0 Å². The number of hydrazone groups is 1. The topological polar surface area (TPSA) is 61.1 Å². The Bertz CT molecular complexity index is 881. The number of fused-ring (bicyclic) bond motifs is 1. The van der Waals surface area contributed by atoms with Crippen LogP contribution < -0.4 is 5.43 Å². The first kappa shape index (κ1) is 16.4. The highest BCUT2D eigenvalue weighted by molar-refractivity contribution is 7.99. The largest absolute Gasteiger partial charge is 0.288 e. The molecule has 0 radical (unpaired) electrons. The third kappa shape index (κ3) is 3.88. The summed E-state index contributed by atoms with van der Waals surface area (Å²) >= 11 is 1.86. The first-order valence-corrected chi connectivity index (χ1v) is 8.50. The lowest BCUT2D eigenvalue weighted by atomic mass is 10.3. The van der Waals surface area contributed by atoms with Crippen LogP contribution in [0.15, 0.2) is 58.5 Å². The van der Waals surface area contributed by atoms with Crippen molar-refractivity contribution in [2.75, 3.05) is 5.43 Å². The summed E-state index contributed by atoms with van der Waals surface area (Å²) in [5.74, 6) is -2.45. The number of para-hydroxylation sites is 1. The standard InChI is InChI=1S/C16H10F2N4S2/c17-16(18)23-11-7-5-10(6-8-11)21-22-13(9-19)15-20-12-3-1-2-4-14(12)24-15/h1-8,16,21H/b22-13-. The van der Waals surface area contributed by atoms with Crippen LogP contribution in [0.5, 0.6) is 0 Å². The number of thioether (sulfide) groups is 1. The van der Waals surface area contributed by atoms with Gasteiger partial charge in [0.1, 0.15) is 6.07 Å². The molecular formula is C16H10F2N4S2. The zero-order valence-corrected chi connectivity index (χ0v) is 13.7.